The molecule has 2 heterocycles. The molecule has 1 saturated heterocycles. The highest BCUT2D eigenvalue weighted by Gasteiger charge is 2.17. The number of anilines is 1. The highest BCUT2D eigenvalue weighted by atomic mass is 35.5. The van der Waals surface area contributed by atoms with Gasteiger partial charge >= 0.3 is 0 Å². The highest BCUT2D eigenvalue weighted by Crippen LogP contribution is 2.31. The summed E-state index contributed by atoms with van der Waals surface area (Å²) >= 11 is 0. The van der Waals surface area contributed by atoms with Crippen LogP contribution in [0.1, 0.15) is 5.82 Å². The molecule has 0 unspecified atom stereocenters. The standard InChI is InChI=1S/C25H26N4O3.2ClH/c1-28-11-13-29(14-12-28)23-8-4-5-18-9-10-21(16-22(18)23)31-17-24-26-25(32-27-24)19-6-3-7-20(15-19)30-2;;/h3-10,15-16H,11-14,17H2,1-2H3;2*1H. The first kappa shape index (κ1) is 25.6. The maximum Gasteiger partial charge on any atom is 0.258 e. The fourth-order valence-corrected chi connectivity index (χ4v) is 3.98. The van der Waals surface area contributed by atoms with Crippen LogP contribution in [0.25, 0.3) is 22.2 Å². The average molecular weight is 503 g/mol. The van der Waals surface area contributed by atoms with Crippen molar-refractivity contribution in [3.8, 4) is 23.0 Å². The third-order valence-electron chi connectivity index (χ3n) is 5.83. The van der Waals surface area contributed by atoms with Crippen molar-refractivity contribution in [2.45, 2.75) is 6.61 Å². The quantitative estimate of drug-likeness (QED) is 0.364. The molecule has 1 aliphatic heterocycles. The second kappa shape index (κ2) is 11.4. The zero-order valence-corrected chi connectivity index (χ0v) is 20.8. The first-order chi connectivity index (χ1) is 15.7. The molecule has 7 nitrogen and oxygen atoms in total. The molecule has 4 aromatic rings. The van der Waals surface area contributed by atoms with Crippen LogP contribution in [0.2, 0.25) is 0 Å². The fraction of sp³-hybridized carbons (Fsp3) is 0.280. The van der Waals surface area contributed by atoms with E-state index in [4.69, 9.17) is 14.0 Å². The molecule has 0 bridgehead atoms. The molecule has 9 heteroatoms. The number of hydrogen-bond acceptors (Lipinski definition) is 7. The number of hydrogen-bond donors (Lipinski definition) is 0. The Balaban J connectivity index is 0.00000162. The monoisotopic (exact) mass is 502 g/mol. The van der Waals surface area contributed by atoms with Crippen LogP contribution < -0.4 is 14.4 Å². The molecule has 0 radical (unpaired) electrons. The first-order valence-electron chi connectivity index (χ1n) is 10.8. The van der Waals surface area contributed by atoms with Crippen LogP contribution in [0.5, 0.6) is 11.5 Å². The summed E-state index contributed by atoms with van der Waals surface area (Å²) in [6, 6.07) is 20.2. The van der Waals surface area contributed by atoms with E-state index in [9.17, 15) is 0 Å². The minimum atomic E-state index is 0. The summed E-state index contributed by atoms with van der Waals surface area (Å²) in [5.74, 6) is 2.46. The van der Waals surface area contributed by atoms with E-state index in [0.717, 1.165) is 43.2 Å². The van der Waals surface area contributed by atoms with Gasteiger partial charge in [0, 0.05) is 42.8 Å². The van der Waals surface area contributed by atoms with Crippen molar-refractivity contribution in [2.24, 2.45) is 0 Å². The van der Waals surface area contributed by atoms with Crippen molar-refractivity contribution in [1.82, 2.24) is 15.0 Å². The lowest BCUT2D eigenvalue weighted by Crippen LogP contribution is -2.44. The Morgan fingerprint density at radius 2 is 1.71 bits per heavy atom. The predicted octanol–water partition coefficient (Wildman–Crippen LogP) is 5.07. The Labute approximate surface area is 211 Å². The number of nitrogens with zero attached hydrogens (tertiary/aromatic N) is 4. The summed E-state index contributed by atoms with van der Waals surface area (Å²) in [6.45, 7) is 4.42. The number of piperazine rings is 1. The van der Waals surface area contributed by atoms with Crippen molar-refractivity contribution in [3.63, 3.8) is 0 Å². The van der Waals surface area contributed by atoms with Crippen LogP contribution in [0.3, 0.4) is 0 Å². The number of fused-ring (bicyclic) bond motifs is 1. The second-order valence-electron chi connectivity index (χ2n) is 7.99. The Bertz CT molecular complexity index is 1230. The lowest BCUT2D eigenvalue weighted by atomic mass is 10.1. The van der Waals surface area contributed by atoms with Crippen LogP contribution in [0.15, 0.2) is 65.2 Å². The van der Waals surface area contributed by atoms with Crippen molar-refractivity contribution >= 4 is 41.3 Å². The Morgan fingerprint density at radius 3 is 2.50 bits per heavy atom. The van der Waals surface area contributed by atoms with Gasteiger partial charge in [0.2, 0.25) is 5.82 Å². The number of rotatable bonds is 6. The third kappa shape index (κ3) is 5.55. The summed E-state index contributed by atoms with van der Waals surface area (Å²) < 4.78 is 16.7. The SMILES string of the molecule is COc1cccc(-c2nc(COc3ccc4cccc(N5CCN(C)CC5)c4c3)no2)c1.Cl.Cl. The van der Waals surface area contributed by atoms with E-state index in [1.165, 1.54) is 16.5 Å². The molecule has 0 saturated carbocycles. The maximum atomic E-state index is 6.02. The largest absolute Gasteiger partial charge is 0.497 e. The maximum absolute atomic E-state index is 6.02. The van der Waals surface area contributed by atoms with Crippen molar-refractivity contribution in [3.05, 3.63) is 66.5 Å². The number of aromatic nitrogens is 2. The third-order valence-corrected chi connectivity index (χ3v) is 5.83. The van der Waals surface area contributed by atoms with E-state index in [0.29, 0.717) is 11.7 Å². The summed E-state index contributed by atoms with van der Waals surface area (Å²) in [7, 11) is 3.80. The van der Waals surface area contributed by atoms with E-state index >= 15 is 0 Å². The van der Waals surface area contributed by atoms with Gasteiger partial charge < -0.3 is 23.8 Å². The van der Waals surface area contributed by atoms with Gasteiger partial charge in [0.25, 0.3) is 5.89 Å². The smallest absolute Gasteiger partial charge is 0.258 e. The molecule has 0 atom stereocenters. The number of ether oxygens (including phenoxy) is 2. The molecule has 0 aliphatic carbocycles. The molecule has 34 heavy (non-hydrogen) atoms. The Kier molecular flexibility index (Phi) is 8.61. The van der Waals surface area contributed by atoms with E-state index in [-0.39, 0.29) is 31.4 Å². The summed E-state index contributed by atoms with van der Waals surface area (Å²) in [6.07, 6.45) is 0. The summed E-state index contributed by atoms with van der Waals surface area (Å²) in [5.41, 5.74) is 2.06. The van der Waals surface area contributed by atoms with Gasteiger partial charge in [-0.15, -0.1) is 24.8 Å². The molecular formula is C25H28Cl2N4O3. The van der Waals surface area contributed by atoms with Gasteiger partial charge in [-0.1, -0.05) is 29.4 Å². The molecule has 1 aromatic heterocycles. The van der Waals surface area contributed by atoms with Gasteiger partial charge in [-0.05, 0) is 48.8 Å². The van der Waals surface area contributed by atoms with Crippen molar-refractivity contribution in [2.75, 3.05) is 45.2 Å². The average Bonchev–Trinajstić information content (AvgIpc) is 3.32. The number of halogens is 2. The second-order valence-corrected chi connectivity index (χ2v) is 7.99. The van der Waals surface area contributed by atoms with Crippen molar-refractivity contribution in [1.29, 1.82) is 0 Å². The van der Waals surface area contributed by atoms with Gasteiger partial charge in [-0.2, -0.15) is 4.98 Å². The van der Waals surface area contributed by atoms with Gasteiger partial charge in [0.1, 0.15) is 11.5 Å². The molecule has 0 spiro atoms. The number of methoxy groups -OCH3 is 1. The summed E-state index contributed by atoms with van der Waals surface area (Å²) in [5, 5.41) is 6.46. The van der Waals surface area contributed by atoms with Crippen LogP contribution in [-0.2, 0) is 6.61 Å². The zero-order valence-electron chi connectivity index (χ0n) is 19.1. The lowest BCUT2D eigenvalue weighted by Gasteiger charge is -2.34. The molecule has 3 aromatic carbocycles. The Morgan fingerprint density at radius 1 is 0.912 bits per heavy atom. The van der Waals surface area contributed by atoms with Gasteiger partial charge in [-0.3, -0.25) is 0 Å². The predicted molar refractivity (Wildman–Crippen MR) is 139 cm³/mol. The van der Waals surface area contributed by atoms with E-state index in [1.54, 1.807) is 7.11 Å². The van der Waals surface area contributed by atoms with Crippen LogP contribution in [0, 0.1) is 0 Å². The highest BCUT2D eigenvalue weighted by molar-refractivity contribution is 5.95. The number of benzene rings is 3. The van der Waals surface area contributed by atoms with Gasteiger partial charge in [0.05, 0.1) is 7.11 Å². The molecule has 0 N–H and O–H groups in total. The van der Waals surface area contributed by atoms with Gasteiger partial charge in [0.15, 0.2) is 6.61 Å². The van der Waals surface area contributed by atoms with Gasteiger partial charge in [-0.25, -0.2) is 0 Å². The fourth-order valence-electron chi connectivity index (χ4n) is 3.98. The van der Waals surface area contributed by atoms with E-state index in [2.05, 4.69) is 57.3 Å². The molecular weight excluding hydrogens is 475 g/mol. The molecule has 180 valence electrons. The van der Waals surface area contributed by atoms with E-state index in [1.807, 2.05) is 30.3 Å². The zero-order chi connectivity index (χ0) is 21.9. The van der Waals surface area contributed by atoms with Crippen LogP contribution in [-0.4, -0.2) is 55.4 Å². The molecule has 1 fully saturated rings. The topological polar surface area (TPSA) is 63.9 Å². The molecule has 0 amide bonds. The minimum absolute atomic E-state index is 0. The Hall–Kier alpha value is -3.00. The van der Waals surface area contributed by atoms with Crippen molar-refractivity contribution < 1.29 is 14.0 Å². The van der Waals surface area contributed by atoms with E-state index < -0.39 is 0 Å². The first-order valence-corrected chi connectivity index (χ1v) is 10.8. The normalized spacial score (nSPS) is 13.8. The van der Waals surface area contributed by atoms with Crippen LogP contribution >= 0.6 is 24.8 Å². The number of likely N-dealkylation sites (N-methyl/N-ethyl adjacent to an activating group) is 1. The lowest BCUT2D eigenvalue weighted by molar-refractivity contribution is 0.287. The molecule has 1 aliphatic rings. The summed E-state index contributed by atoms with van der Waals surface area (Å²) in [4.78, 5) is 9.27. The minimum Gasteiger partial charge on any atom is -0.497 e. The van der Waals surface area contributed by atoms with Crippen LogP contribution in [0.4, 0.5) is 5.69 Å². The molecule has 5 rings (SSSR count).